The predicted molar refractivity (Wildman–Crippen MR) is 99.8 cm³/mol. The Morgan fingerprint density at radius 2 is 2.16 bits per heavy atom. The monoisotopic (exact) mass is 429 g/mol. The summed E-state index contributed by atoms with van der Waals surface area (Å²) in [5, 5.41) is 0.509. The van der Waals surface area contributed by atoms with Crippen molar-refractivity contribution in [3.63, 3.8) is 0 Å². The van der Waals surface area contributed by atoms with Gasteiger partial charge < -0.3 is 9.47 Å². The van der Waals surface area contributed by atoms with Gasteiger partial charge in [0.2, 0.25) is 0 Å². The van der Waals surface area contributed by atoms with E-state index in [0.717, 1.165) is 12.0 Å². The number of carbonyl (C=O) groups is 2. The standard InChI is InChI=1S/C18H21BrClNO4/c1-3-25-16(22)10-12-11-21(9-8-14(12)19)17(18(23)24-2)13-6-4-5-7-15(13)20/h4-7,10,14,17H,3,8-9,11H2,1-2H3. The first-order chi connectivity index (χ1) is 12.0. The minimum Gasteiger partial charge on any atom is -0.468 e. The maximum Gasteiger partial charge on any atom is 0.330 e. The molecule has 1 aromatic carbocycles. The second-order valence-corrected chi connectivity index (χ2v) is 7.16. The number of esters is 2. The van der Waals surface area contributed by atoms with Gasteiger partial charge >= 0.3 is 11.9 Å². The van der Waals surface area contributed by atoms with Crippen LogP contribution in [0.25, 0.3) is 0 Å². The van der Waals surface area contributed by atoms with E-state index in [4.69, 9.17) is 21.1 Å². The molecule has 1 fully saturated rings. The molecule has 25 heavy (non-hydrogen) atoms. The topological polar surface area (TPSA) is 55.8 Å². The molecule has 2 rings (SSSR count). The Kier molecular flexibility index (Phi) is 7.47. The van der Waals surface area contributed by atoms with Crippen molar-refractivity contribution in [2.45, 2.75) is 24.2 Å². The minimum atomic E-state index is -0.621. The highest BCUT2D eigenvalue weighted by Crippen LogP contribution is 2.33. The molecule has 1 aliphatic heterocycles. The number of nitrogens with zero attached hydrogens (tertiary/aromatic N) is 1. The summed E-state index contributed by atoms with van der Waals surface area (Å²) in [6.45, 7) is 3.20. The molecule has 0 saturated carbocycles. The molecule has 1 aromatic rings. The van der Waals surface area contributed by atoms with Gasteiger partial charge in [0, 0.05) is 29.0 Å². The summed E-state index contributed by atoms with van der Waals surface area (Å²) in [6, 6.07) is 6.60. The number of piperidine rings is 1. The average molecular weight is 431 g/mol. The van der Waals surface area contributed by atoms with Crippen LogP contribution in [0.15, 0.2) is 35.9 Å². The first-order valence-electron chi connectivity index (χ1n) is 8.05. The van der Waals surface area contributed by atoms with Gasteiger partial charge in [-0.25, -0.2) is 9.59 Å². The number of rotatable bonds is 5. The maximum atomic E-state index is 12.4. The van der Waals surface area contributed by atoms with Crippen LogP contribution < -0.4 is 0 Å². The Morgan fingerprint density at radius 3 is 2.80 bits per heavy atom. The first-order valence-corrected chi connectivity index (χ1v) is 9.34. The first kappa shape index (κ1) is 19.9. The Labute approximate surface area is 161 Å². The fourth-order valence-corrected chi connectivity index (χ4v) is 3.57. The fourth-order valence-electron chi connectivity index (χ4n) is 2.85. The molecule has 0 aromatic heterocycles. The summed E-state index contributed by atoms with van der Waals surface area (Å²) in [5.74, 6) is -0.757. The van der Waals surface area contributed by atoms with E-state index in [9.17, 15) is 9.59 Å². The number of carbonyl (C=O) groups excluding carboxylic acids is 2. The smallest absolute Gasteiger partial charge is 0.330 e. The molecule has 0 aliphatic carbocycles. The summed E-state index contributed by atoms with van der Waals surface area (Å²) < 4.78 is 9.99. The molecule has 0 N–H and O–H groups in total. The van der Waals surface area contributed by atoms with Crippen molar-refractivity contribution in [3.8, 4) is 0 Å². The summed E-state index contributed by atoms with van der Waals surface area (Å²) in [6.07, 6.45) is 2.25. The minimum absolute atomic E-state index is 0.0673. The van der Waals surface area contributed by atoms with E-state index in [1.54, 1.807) is 13.0 Å². The number of likely N-dealkylation sites (tertiary alicyclic amines) is 1. The zero-order valence-corrected chi connectivity index (χ0v) is 16.5. The summed E-state index contributed by atoms with van der Waals surface area (Å²) >= 11 is 9.89. The number of alkyl halides is 1. The Balaban J connectivity index is 2.30. The van der Waals surface area contributed by atoms with Crippen LogP contribution in [0.1, 0.15) is 24.9 Å². The molecule has 2 atom stereocenters. The van der Waals surface area contributed by atoms with Crippen LogP contribution in [-0.4, -0.2) is 48.5 Å². The van der Waals surface area contributed by atoms with E-state index in [1.165, 1.54) is 13.2 Å². The van der Waals surface area contributed by atoms with E-state index >= 15 is 0 Å². The number of hydrogen-bond donors (Lipinski definition) is 0. The van der Waals surface area contributed by atoms with Crippen molar-refractivity contribution < 1.29 is 19.1 Å². The molecule has 136 valence electrons. The third-order valence-corrected chi connectivity index (χ3v) is 5.43. The van der Waals surface area contributed by atoms with Crippen molar-refractivity contribution >= 4 is 39.5 Å². The summed E-state index contributed by atoms with van der Waals surface area (Å²) in [7, 11) is 1.36. The van der Waals surface area contributed by atoms with Gasteiger partial charge in [0.1, 0.15) is 6.04 Å². The van der Waals surface area contributed by atoms with Gasteiger partial charge in [-0.2, -0.15) is 0 Å². The molecule has 2 unspecified atom stereocenters. The molecule has 0 amide bonds. The normalized spacial score (nSPS) is 21.0. The molecule has 5 nitrogen and oxygen atoms in total. The lowest BCUT2D eigenvalue weighted by Crippen LogP contribution is -2.42. The highest BCUT2D eigenvalue weighted by molar-refractivity contribution is 9.09. The van der Waals surface area contributed by atoms with Crippen LogP contribution in [-0.2, 0) is 19.1 Å². The van der Waals surface area contributed by atoms with Gasteiger partial charge in [0.15, 0.2) is 0 Å². The SMILES string of the molecule is CCOC(=O)C=C1CN(C(C(=O)OC)c2ccccc2Cl)CCC1Br. The van der Waals surface area contributed by atoms with Gasteiger partial charge in [-0.3, -0.25) is 4.90 Å². The lowest BCUT2D eigenvalue weighted by atomic mass is 9.98. The van der Waals surface area contributed by atoms with E-state index in [1.807, 2.05) is 23.1 Å². The second-order valence-electron chi connectivity index (χ2n) is 5.65. The van der Waals surface area contributed by atoms with Gasteiger partial charge in [-0.1, -0.05) is 45.7 Å². The van der Waals surface area contributed by atoms with E-state index in [2.05, 4.69) is 15.9 Å². The summed E-state index contributed by atoms with van der Waals surface area (Å²) in [5.41, 5.74) is 1.56. The van der Waals surface area contributed by atoms with Gasteiger partial charge in [0.25, 0.3) is 0 Å². The van der Waals surface area contributed by atoms with Crippen molar-refractivity contribution in [2.75, 3.05) is 26.8 Å². The third-order valence-electron chi connectivity index (χ3n) is 4.04. The molecule has 0 spiro atoms. The van der Waals surface area contributed by atoms with E-state index < -0.39 is 6.04 Å². The highest BCUT2D eigenvalue weighted by atomic mass is 79.9. The molecule has 1 heterocycles. The van der Waals surface area contributed by atoms with Crippen LogP contribution >= 0.6 is 27.5 Å². The molecule has 0 bridgehead atoms. The van der Waals surface area contributed by atoms with Crippen LogP contribution in [0.5, 0.6) is 0 Å². The number of ether oxygens (including phenoxy) is 2. The number of halogens is 2. The van der Waals surface area contributed by atoms with Crippen molar-refractivity contribution in [1.82, 2.24) is 4.90 Å². The average Bonchev–Trinajstić information content (AvgIpc) is 2.59. The van der Waals surface area contributed by atoms with Crippen molar-refractivity contribution in [3.05, 3.63) is 46.5 Å². The fraction of sp³-hybridized carbons (Fsp3) is 0.444. The molecule has 1 aliphatic rings. The Morgan fingerprint density at radius 1 is 1.44 bits per heavy atom. The zero-order chi connectivity index (χ0) is 18.4. The van der Waals surface area contributed by atoms with Crippen LogP contribution in [0, 0.1) is 0 Å². The molecule has 0 radical (unpaired) electrons. The number of methoxy groups -OCH3 is 1. The molecular formula is C18H21BrClNO4. The maximum absolute atomic E-state index is 12.4. The summed E-state index contributed by atoms with van der Waals surface area (Å²) in [4.78, 5) is 26.3. The molecule has 1 saturated heterocycles. The van der Waals surface area contributed by atoms with Crippen LogP contribution in [0.2, 0.25) is 5.02 Å². The number of benzene rings is 1. The number of hydrogen-bond acceptors (Lipinski definition) is 5. The zero-order valence-electron chi connectivity index (χ0n) is 14.2. The predicted octanol–water partition coefficient (Wildman–Crippen LogP) is 3.51. The Hall–Kier alpha value is -1.37. The quantitative estimate of drug-likeness (QED) is 0.406. The van der Waals surface area contributed by atoms with Crippen LogP contribution in [0.3, 0.4) is 0 Å². The molecule has 7 heteroatoms. The van der Waals surface area contributed by atoms with E-state index in [-0.39, 0.29) is 16.8 Å². The van der Waals surface area contributed by atoms with Gasteiger partial charge in [-0.05, 0) is 30.5 Å². The Bertz CT molecular complexity index is 664. The molecular weight excluding hydrogens is 410 g/mol. The highest BCUT2D eigenvalue weighted by Gasteiger charge is 2.34. The second kappa shape index (κ2) is 9.36. The van der Waals surface area contributed by atoms with Crippen molar-refractivity contribution in [1.29, 1.82) is 0 Å². The third kappa shape index (κ3) is 5.06. The van der Waals surface area contributed by atoms with Crippen molar-refractivity contribution in [2.24, 2.45) is 0 Å². The van der Waals surface area contributed by atoms with Gasteiger partial charge in [0.05, 0.1) is 13.7 Å². The van der Waals surface area contributed by atoms with Crippen LogP contribution in [0.4, 0.5) is 0 Å². The lowest BCUT2D eigenvalue weighted by molar-refractivity contribution is -0.147. The lowest BCUT2D eigenvalue weighted by Gasteiger charge is -2.36. The van der Waals surface area contributed by atoms with E-state index in [0.29, 0.717) is 30.3 Å². The van der Waals surface area contributed by atoms with Gasteiger partial charge in [-0.15, -0.1) is 0 Å². The largest absolute Gasteiger partial charge is 0.468 e.